The molecule has 2 aromatic carbocycles. The molecule has 0 spiro atoms. The van der Waals surface area contributed by atoms with E-state index in [0.29, 0.717) is 25.2 Å². The first kappa shape index (κ1) is 22.6. The molecule has 170 valence electrons. The second kappa shape index (κ2) is 9.53. The second-order valence-electron chi connectivity index (χ2n) is 8.98. The molecular weight excluding hydrogens is 412 g/mol. The average molecular weight is 443 g/mol. The van der Waals surface area contributed by atoms with Gasteiger partial charge in [0.2, 0.25) is 5.91 Å². The van der Waals surface area contributed by atoms with E-state index in [1.165, 1.54) is 11.8 Å². The monoisotopic (exact) mass is 442 g/mol. The Labute approximate surface area is 195 Å². The molecule has 1 aliphatic heterocycles. The lowest BCUT2D eigenvalue weighted by atomic mass is 9.74. The van der Waals surface area contributed by atoms with Gasteiger partial charge in [0, 0.05) is 26.3 Å². The molecule has 1 unspecified atom stereocenters. The second-order valence-corrected chi connectivity index (χ2v) is 8.98. The lowest BCUT2D eigenvalue weighted by Crippen LogP contribution is -2.54. The molecule has 1 aromatic heterocycles. The van der Waals surface area contributed by atoms with Crippen LogP contribution in [0.15, 0.2) is 60.9 Å². The van der Waals surface area contributed by atoms with E-state index >= 15 is 0 Å². The summed E-state index contributed by atoms with van der Waals surface area (Å²) < 4.78 is 0. The number of nitrogens with zero attached hydrogens (tertiary/aromatic N) is 3. The summed E-state index contributed by atoms with van der Waals surface area (Å²) in [7, 11) is 1.67. The van der Waals surface area contributed by atoms with E-state index in [4.69, 9.17) is 0 Å². The number of rotatable bonds is 5. The summed E-state index contributed by atoms with van der Waals surface area (Å²) in [5, 5.41) is 2.85. The molecule has 1 fully saturated rings. The zero-order valence-corrected chi connectivity index (χ0v) is 19.5. The zero-order chi connectivity index (χ0) is 23.4. The minimum absolute atomic E-state index is 0.0315. The number of hydrogen-bond acceptors (Lipinski definition) is 4. The third-order valence-electron chi connectivity index (χ3n) is 6.39. The summed E-state index contributed by atoms with van der Waals surface area (Å²) >= 11 is 0. The van der Waals surface area contributed by atoms with Gasteiger partial charge < -0.3 is 10.2 Å². The van der Waals surface area contributed by atoms with Crippen molar-refractivity contribution in [1.29, 1.82) is 0 Å². The molecule has 6 heteroatoms. The maximum atomic E-state index is 13.2. The van der Waals surface area contributed by atoms with Crippen LogP contribution in [0.4, 0.5) is 0 Å². The van der Waals surface area contributed by atoms with Crippen molar-refractivity contribution in [3.05, 3.63) is 83.4 Å². The maximum Gasteiger partial charge on any atom is 0.274 e. The lowest BCUT2D eigenvalue weighted by Gasteiger charge is -2.41. The van der Waals surface area contributed by atoms with Crippen molar-refractivity contribution in [2.24, 2.45) is 5.41 Å². The van der Waals surface area contributed by atoms with Crippen LogP contribution in [-0.4, -0.2) is 46.8 Å². The highest BCUT2D eigenvalue weighted by Crippen LogP contribution is 2.35. The van der Waals surface area contributed by atoms with Crippen molar-refractivity contribution < 1.29 is 9.59 Å². The van der Waals surface area contributed by atoms with Crippen LogP contribution in [0.1, 0.15) is 40.2 Å². The van der Waals surface area contributed by atoms with Gasteiger partial charge in [-0.1, -0.05) is 54.1 Å². The van der Waals surface area contributed by atoms with Crippen LogP contribution in [0.25, 0.3) is 11.1 Å². The van der Waals surface area contributed by atoms with Gasteiger partial charge in [-0.25, -0.2) is 4.98 Å². The average Bonchev–Trinajstić information content (AvgIpc) is 2.84. The van der Waals surface area contributed by atoms with E-state index in [9.17, 15) is 9.59 Å². The number of likely N-dealkylation sites (tertiary alicyclic amines) is 1. The van der Waals surface area contributed by atoms with E-state index < -0.39 is 5.41 Å². The molecule has 1 N–H and O–H groups in total. The van der Waals surface area contributed by atoms with Gasteiger partial charge in [0.05, 0.1) is 17.3 Å². The van der Waals surface area contributed by atoms with Crippen molar-refractivity contribution in [3.63, 3.8) is 0 Å². The minimum atomic E-state index is -0.688. The first-order valence-electron chi connectivity index (χ1n) is 11.4. The number of benzene rings is 2. The molecule has 4 rings (SSSR count). The number of amides is 2. The third kappa shape index (κ3) is 4.95. The van der Waals surface area contributed by atoms with E-state index in [1.54, 1.807) is 18.1 Å². The quantitative estimate of drug-likeness (QED) is 0.649. The van der Waals surface area contributed by atoms with Gasteiger partial charge in [-0.2, -0.15) is 0 Å². The van der Waals surface area contributed by atoms with Crippen LogP contribution in [0, 0.1) is 19.3 Å². The third-order valence-corrected chi connectivity index (χ3v) is 6.39. The van der Waals surface area contributed by atoms with Gasteiger partial charge in [-0.05, 0) is 49.8 Å². The fourth-order valence-electron chi connectivity index (χ4n) is 4.72. The Kier molecular flexibility index (Phi) is 6.54. The van der Waals surface area contributed by atoms with E-state index in [-0.39, 0.29) is 11.8 Å². The largest absolute Gasteiger partial charge is 0.359 e. The molecular formula is C27H30N4O2. The summed E-state index contributed by atoms with van der Waals surface area (Å²) in [6, 6.07) is 16.8. The maximum absolute atomic E-state index is 13.2. The molecule has 1 atom stereocenters. The summed E-state index contributed by atoms with van der Waals surface area (Å²) in [5.41, 5.74) is 4.97. The van der Waals surface area contributed by atoms with Gasteiger partial charge in [-0.15, -0.1) is 0 Å². The van der Waals surface area contributed by atoms with E-state index in [2.05, 4.69) is 64.7 Å². The molecule has 0 saturated carbocycles. The summed E-state index contributed by atoms with van der Waals surface area (Å²) in [6.45, 7) is 4.88. The summed E-state index contributed by atoms with van der Waals surface area (Å²) in [4.78, 5) is 36.5. The molecule has 1 saturated heterocycles. The molecule has 2 amide bonds. The molecule has 1 aliphatic rings. The number of aryl methyl sites for hydroxylation is 2. The van der Waals surface area contributed by atoms with E-state index in [0.717, 1.165) is 35.2 Å². The normalized spacial score (nSPS) is 18.1. The van der Waals surface area contributed by atoms with Crippen molar-refractivity contribution in [3.8, 4) is 11.1 Å². The Morgan fingerprint density at radius 2 is 1.79 bits per heavy atom. The molecule has 0 aliphatic carbocycles. The fourth-order valence-corrected chi connectivity index (χ4v) is 4.72. The van der Waals surface area contributed by atoms with Crippen LogP contribution in [0.2, 0.25) is 0 Å². The summed E-state index contributed by atoms with van der Waals surface area (Å²) in [5.74, 6) is -0.208. The molecule has 3 aromatic rings. The number of nitrogens with one attached hydrogen (secondary N) is 1. The Balaban J connectivity index is 1.61. The van der Waals surface area contributed by atoms with Gasteiger partial charge >= 0.3 is 0 Å². The molecule has 33 heavy (non-hydrogen) atoms. The molecule has 2 heterocycles. The van der Waals surface area contributed by atoms with Crippen molar-refractivity contribution >= 4 is 11.8 Å². The standard InChI is InChI=1S/C27H30N4O2/c1-19-7-4-9-22(13-19)23-10-5-8-21(14-23)15-27(26(33)28-3)11-6-12-31(18-27)25(32)24-17-29-20(2)16-30-24/h4-5,7-10,13-14,16-17H,6,11-12,15,18H2,1-3H3,(H,28,33). The first-order valence-corrected chi connectivity index (χ1v) is 11.4. The lowest BCUT2D eigenvalue weighted by molar-refractivity contribution is -0.133. The number of aromatic nitrogens is 2. The fraction of sp³-hybridized carbons (Fsp3) is 0.333. The van der Waals surface area contributed by atoms with Crippen molar-refractivity contribution in [2.75, 3.05) is 20.1 Å². The van der Waals surface area contributed by atoms with Crippen LogP contribution in [0.5, 0.6) is 0 Å². The van der Waals surface area contributed by atoms with Gasteiger partial charge in [-0.3, -0.25) is 14.6 Å². The predicted molar refractivity (Wildman–Crippen MR) is 129 cm³/mol. The minimum Gasteiger partial charge on any atom is -0.359 e. The van der Waals surface area contributed by atoms with Gasteiger partial charge in [0.1, 0.15) is 5.69 Å². The molecule has 6 nitrogen and oxygen atoms in total. The molecule has 0 radical (unpaired) electrons. The van der Waals surface area contributed by atoms with Crippen LogP contribution in [0.3, 0.4) is 0 Å². The molecule has 0 bridgehead atoms. The Morgan fingerprint density at radius 1 is 1.03 bits per heavy atom. The van der Waals surface area contributed by atoms with Crippen molar-refractivity contribution in [2.45, 2.75) is 33.1 Å². The highest BCUT2D eigenvalue weighted by Gasteiger charge is 2.43. The van der Waals surface area contributed by atoms with Crippen LogP contribution < -0.4 is 5.32 Å². The topological polar surface area (TPSA) is 75.2 Å². The highest BCUT2D eigenvalue weighted by molar-refractivity contribution is 5.93. The Bertz CT molecular complexity index is 1160. The first-order chi connectivity index (χ1) is 15.9. The number of hydrogen-bond donors (Lipinski definition) is 1. The van der Waals surface area contributed by atoms with Crippen LogP contribution in [-0.2, 0) is 11.2 Å². The smallest absolute Gasteiger partial charge is 0.274 e. The Hall–Kier alpha value is -3.54. The van der Waals surface area contributed by atoms with Gasteiger partial charge in [0.15, 0.2) is 0 Å². The van der Waals surface area contributed by atoms with Gasteiger partial charge in [0.25, 0.3) is 5.91 Å². The number of carbonyl (C=O) groups is 2. The van der Waals surface area contributed by atoms with Crippen molar-refractivity contribution in [1.82, 2.24) is 20.2 Å². The number of piperidine rings is 1. The zero-order valence-electron chi connectivity index (χ0n) is 19.5. The Morgan fingerprint density at radius 3 is 2.48 bits per heavy atom. The SMILES string of the molecule is CNC(=O)C1(Cc2cccc(-c3cccc(C)c3)c2)CCCN(C(=O)c2cnc(C)cn2)C1. The number of carbonyl (C=O) groups excluding carboxylic acids is 2. The van der Waals surface area contributed by atoms with Crippen LogP contribution >= 0.6 is 0 Å². The summed E-state index contributed by atoms with van der Waals surface area (Å²) in [6.07, 6.45) is 5.16. The predicted octanol–water partition coefficient (Wildman–Crippen LogP) is 3.97. The van der Waals surface area contributed by atoms with E-state index in [1.807, 2.05) is 13.0 Å². The highest BCUT2D eigenvalue weighted by atomic mass is 16.2.